The molecule has 1 aliphatic carbocycles. The third-order valence-electron chi connectivity index (χ3n) is 5.81. The molecule has 6 heteroatoms. The van der Waals surface area contributed by atoms with E-state index in [2.05, 4.69) is 11.4 Å². The van der Waals surface area contributed by atoms with Gasteiger partial charge in [-0.1, -0.05) is 6.42 Å². The number of likely N-dealkylation sites (tertiary alicyclic amines) is 1. The average Bonchev–Trinajstić information content (AvgIpc) is 3.10. The fourth-order valence-corrected chi connectivity index (χ4v) is 4.39. The van der Waals surface area contributed by atoms with E-state index < -0.39 is 0 Å². The van der Waals surface area contributed by atoms with Crippen LogP contribution in [-0.4, -0.2) is 49.6 Å². The molecule has 1 aromatic rings. The van der Waals surface area contributed by atoms with Crippen LogP contribution < -0.4 is 5.32 Å². The summed E-state index contributed by atoms with van der Waals surface area (Å²) in [7, 11) is 1.65. The Kier molecular flexibility index (Phi) is 5.58. The van der Waals surface area contributed by atoms with E-state index >= 15 is 0 Å². The quantitative estimate of drug-likeness (QED) is 0.847. The second-order valence-electron chi connectivity index (χ2n) is 7.22. The number of carbonyl (C=O) groups excluding carboxylic acids is 2. The smallest absolute Gasteiger partial charge is 0.251 e. The van der Waals surface area contributed by atoms with E-state index in [1.54, 1.807) is 31.4 Å². The van der Waals surface area contributed by atoms with Crippen molar-refractivity contribution in [2.45, 2.75) is 38.1 Å². The van der Waals surface area contributed by atoms with Gasteiger partial charge in [0.05, 0.1) is 18.2 Å². The van der Waals surface area contributed by atoms with Gasteiger partial charge in [0.2, 0.25) is 5.91 Å². The van der Waals surface area contributed by atoms with E-state index in [-0.39, 0.29) is 23.3 Å². The maximum absolute atomic E-state index is 12.5. The van der Waals surface area contributed by atoms with Crippen LogP contribution in [0.25, 0.3) is 0 Å². The Morgan fingerprint density at radius 2 is 2.15 bits per heavy atom. The number of methoxy groups -OCH3 is 1. The van der Waals surface area contributed by atoms with Gasteiger partial charge < -0.3 is 15.0 Å². The van der Waals surface area contributed by atoms with Crippen LogP contribution in [0.5, 0.6) is 0 Å². The van der Waals surface area contributed by atoms with Gasteiger partial charge in [0.15, 0.2) is 0 Å². The number of hydrogen-bond donors (Lipinski definition) is 1. The van der Waals surface area contributed by atoms with E-state index in [0.717, 1.165) is 25.7 Å². The van der Waals surface area contributed by atoms with Crippen LogP contribution in [0, 0.1) is 16.7 Å². The molecule has 3 rings (SSSR count). The minimum absolute atomic E-state index is 0.0378. The van der Waals surface area contributed by atoms with Crippen molar-refractivity contribution in [3.05, 3.63) is 35.4 Å². The molecular weight excluding hydrogens is 330 g/mol. The number of rotatable bonds is 6. The molecule has 6 nitrogen and oxygen atoms in total. The van der Waals surface area contributed by atoms with Crippen LogP contribution in [0.4, 0.5) is 0 Å². The normalized spacial score (nSPS) is 24.8. The summed E-state index contributed by atoms with van der Waals surface area (Å²) in [6.07, 6.45) is 4.46. The molecule has 1 N–H and O–H groups in total. The first-order valence-electron chi connectivity index (χ1n) is 9.16. The largest absolute Gasteiger partial charge is 0.383 e. The molecule has 2 fully saturated rings. The lowest BCUT2D eigenvalue weighted by atomic mass is 9.74. The van der Waals surface area contributed by atoms with Gasteiger partial charge in [-0.15, -0.1) is 0 Å². The molecule has 0 spiro atoms. The number of carbonyl (C=O) groups is 2. The Morgan fingerprint density at radius 1 is 1.38 bits per heavy atom. The zero-order chi connectivity index (χ0) is 18.6. The van der Waals surface area contributed by atoms with Crippen LogP contribution in [0.15, 0.2) is 24.3 Å². The number of nitrogens with zero attached hydrogens (tertiary/aromatic N) is 2. The first-order chi connectivity index (χ1) is 12.6. The molecule has 1 aromatic carbocycles. The Labute approximate surface area is 154 Å². The molecule has 2 amide bonds. The van der Waals surface area contributed by atoms with Crippen molar-refractivity contribution in [2.75, 3.05) is 26.8 Å². The zero-order valence-electron chi connectivity index (χ0n) is 15.2. The van der Waals surface area contributed by atoms with E-state index in [1.165, 1.54) is 0 Å². The van der Waals surface area contributed by atoms with E-state index in [0.29, 0.717) is 37.2 Å². The summed E-state index contributed by atoms with van der Waals surface area (Å²) < 4.78 is 5.16. The Morgan fingerprint density at radius 3 is 2.85 bits per heavy atom. The predicted molar refractivity (Wildman–Crippen MR) is 96.4 cm³/mol. The highest BCUT2D eigenvalue weighted by Gasteiger charge is 2.50. The molecule has 1 saturated carbocycles. The Balaban J connectivity index is 1.68. The number of nitrogens with one attached hydrogen (secondary N) is 1. The lowest BCUT2D eigenvalue weighted by Gasteiger charge is -2.46. The third-order valence-corrected chi connectivity index (χ3v) is 5.81. The highest BCUT2D eigenvalue weighted by Crippen LogP contribution is 2.47. The predicted octanol–water partition coefficient (Wildman–Crippen LogP) is 2.10. The minimum Gasteiger partial charge on any atom is -0.383 e. The van der Waals surface area contributed by atoms with Crippen LogP contribution >= 0.6 is 0 Å². The van der Waals surface area contributed by atoms with Gasteiger partial charge >= 0.3 is 0 Å². The Hall–Kier alpha value is -2.39. The van der Waals surface area contributed by atoms with Crippen molar-refractivity contribution in [2.24, 2.45) is 5.41 Å². The van der Waals surface area contributed by atoms with E-state index in [9.17, 15) is 9.59 Å². The molecule has 26 heavy (non-hydrogen) atoms. The number of nitriles is 1. The maximum atomic E-state index is 12.5. The van der Waals surface area contributed by atoms with E-state index in [1.807, 2.05) is 4.90 Å². The molecular formula is C20H25N3O3. The first-order valence-corrected chi connectivity index (χ1v) is 9.16. The van der Waals surface area contributed by atoms with Crippen molar-refractivity contribution in [3.63, 3.8) is 0 Å². The van der Waals surface area contributed by atoms with Crippen molar-refractivity contribution in [3.8, 4) is 6.07 Å². The van der Waals surface area contributed by atoms with Gasteiger partial charge in [0, 0.05) is 43.6 Å². The molecule has 2 atom stereocenters. The summed E-state index contributed by atoms with van der Waals surface area (Å²) in [4.78, 5) is 26.8. The second-order valence-corrected chi connectivity index (χ2v) is 7.22. The number of amides is 2. The molecule has 1 heterocycles. The van der Waals surface area contributed by atoms with Gasteiger partial charge in [-0.25, -0.2) is 0 Å². The lowest BCUT2D eigenvalue weighted by molar-refractivity contribution is -0.142. The molecule has 138 valence electrons. The number of fused-ring (bicyclic) bond motifs is 1. The summed E-state index contributed by atoms with van der Waals surface area (Å²) in [6.45, 7) is 1.73. The van der Waals surface area contributed by atoms with Crippen LogP contribution in [-0.2, 0) is 9.53 Å². The summed E-state index contributed by atoms with van der Waals surface area (Å²) in [6, 6.07) is 8.88. The van der Waals surface area contributed by atoms with Gasteiger partial charge in [-0.2, -0.15) is 5.26 Å². The monoisotopic (exact) mass is 355 g/mol. The number of ether oxygens (including phenoxy) is 1. The Bertz CT molecular complexity index is 710. The highest BCUT2D eigenvalue weighted by atomic mass is 16.5. The molecule has 2 aliphatic rings. The molecule has 0 aromatic heterocycles. The number of piperidine rings is 1. The molecule has 1 aliphatic heterocycles. The van der Waals surface area contributed by atoms with E-state index in [4.69, 9.17) is 10.00 Å². The lowest BCUT2D eigenvalue weighted by Crippen LogP contribution is -2.56. The number of hydrogen-bond acceptors (Lipinski definition) is 4. The highest BCUT2D eigenvalue weighted by molar-refractivity contribution is 5.94. The summed E-state index contributed by atoms with van der Waals surface area (Å²) in [5.74, 6) is 0.0675. The van der Waals surface area contributed by atoms with Crippen molar-refractivity contribution in [1.29, 1.82) is 5.26 Å². The van der Waals surface area contributed by atoms with Gasteiger partial charge in [-0.05, 0) is 43.5 Å². The fraction of sp³-hybridized carbons (Fsp3) is 0.550. The van der Waals surface area contributed by atoms with Gasteiger partial charge in [0.25, 0.3) is 5.91 Å². The molecule has 0 bridgehead atoms. The van der Waals surface area contributed by atoms with Gasteiger partial charge in [0.1, 0.15) is 0 Å². The summed E-state index contributed by atoms with van der Waals surface area (Å²) in [5, 5.41) is 11.9. The molecule has 0 radical (unpaired) electrons. The first kappa shape index (κ1) is 18.4. The van der Waals surface area contributed by atoms with Crippen LogP contribution in [0.1, 0.15) is 48.0 Å². The van der Waals surface area contributed by atoms with Crippen LogP contribution in [0.2, 0.25) is 0 Å². The van der Waals surface area contributed by atoms with Crippen molar-refractivity contribution < 1.29 is 14.3 Å². The third kappa shape index (κ3) is 3.58. The SMILES string of the molecule is COCCN1C(=O)CC[C@]2(CNC(=O)c3ccc(C#N)cc3)CCC[C@@H]12. The summed E-state index contributed by atoms with van der Waals surface area (Å²) >= 11 is 0. The van der Waals surface area contributed by atoms with Crippen molar-refractivity contribution >= 4 is 11.8 Å². The molecule has 0 unspecified atom stereocenters. The molecule has 1 saturated heterocycles. The van der Waals surface area contributed by atoms with Crippen LogP contribution in [0.3, 0.4) is 0 Å². The minimum atomic E-state index is -0.130. The van der Waals surface area contributed by atoms with Crippen molar-refractivity contribution in [1.82, 2.24) is 10.2 Å². The van der Waals surface area contributed by atoms with Gasteiger partial charge in [-0.3, -0.25) is 9.59 Å². The average molecular weight is 355 g/mol. The maximum Gasteiger partial charge on any atom is 0.251 e. The zero-order valence-corrected chi connectivity index (χ0v) is 15.2. The number of benzene rings is 1. The standard InChI is InChI=1S/C20H25N3O3/c1-26-12-11-23-17-3-2-9-20(17,10-8-18(23)24)14-22-19(25)16-6-4-15(13-21)5-7-16/h4-7,17H,2-3,8-12,14H2,1H3,(H,22,25)/t17-,20+/m1/s1. The topological polar surface area (TPSA) is 82.4 Å². The fourth-order valence-electron chi connectivity index (χ4n) is 4.39. The second kappa shape index (κ2) is 7.88. The summed E-state index contributed by atoms with van der Waals surface area (Å²) in [5.41, 5.74) is 1.05.